The molecule has 4 aromatic rings. The number of carbonyl (C=O) groups is 1. The van der Waals surface area contributed by atoms with Crippen molar-refractivity contribution in [2.45, 2.75) is 19.9 Å². The first-order valence-electron chi connectivity index (χ1n) is 8.70. The smallest absolute Gasteiger partial charge is 0.247 e. The van der Waals surface area contributed by atoms with Gasteiger partial charge >= 0.3 is 0 Å². The van der Waals surface area contributed by atoms with Crippen molar-refractivity contribution in [2.24, 2.45) is 0 Å². The molecule has 2 heterocycles. The molecule has 8 heteroatoms. The second kappa shape index (κ2) is 7.22. The molecule has 4 rings (SSSR count). The predicted molar refractivity (Wildman–Crippen MR) is 99.6 cm³/mol. The number of hydrogen-bond acceptors (Lipinski definition) is 4. The first kappa shape index (κ1) is 17.8. The van der Waals surface area contributed by atoms with Gasteiger partial charge in [0.15, 0.2) is 0 Å². The number of benzene rings is 2. The topological polar surface area (TPSA) is 73.0 Å². The van der Waals surface area contributed by atoms with Gasteiger partial charge in [0.2, 0.25) is 17.7 Å². The van der Waals surface area contributed by atoms with Crippen molar-refractivity contribution in [2.75, 3.05) is 5.32 Å². The highest BCUT2D eigenvalue weighted by Crippen LogP contribution is 2.25. The lowest BCUT2D eigenvalue weighted by molar-refractivity contribution is -0.116. The van der Waals surface area contributed by atoms with Crippen LogP contribution >= 0.6 is 0 Å². The summed E-state index contributed by atoms with van der Waals surface area (Å²) in [4.78, 5) is 12.3. The number of nitrogens with zero attached hydrogens (tertiary/aromatic N) is 3. The summed E-state index contributed by atoms with van der Waals surface area (Å²) in [6.07, 6.45) is 2.39. The van der Waals surface area contributed by atoms with Crippen molar-refractivity contribution in [1.82, 2.24) is 14.8 Å². The number of halogens is 2. The molecule has 142 valence electrons. The van der Waals surface area contributed by atoms with Crippen LogP contribution in [-0.2, 0) is 17.8 Å². The van der Waals surface area contributed by atoms with E-state index in [9.17, 15) is 13.6 Å². The second-order valence-electron chi connectivity index (χ2n) is 6.24. The zero-order valence-corrected chi connectivity index (χ0v) is 14.9. The molecule has 0 aliphatic rings. The Labute approximate surface area is 158 Å². The molecule has 0 saturated carbocycles. The van der Waals surface area contributed by atoms with Crippen molar-refractivity contribution >= 4 is 22.5 Å². The van der Waals surface area contributed by atoms with Gasteiger partial charge in [-0.3, -0.25) is 4.79 Å². The van der Waals surface area contributed by atoms with Gasteiger partial charge < -0.3 is 14.3 Å². The number of anilines is 1. The summed E-state index contributed by atoms with van der Waals surface area (Å²) in [6, 6.07) is 10.4. The van der Waals surface area contributed by atoms with Crippen molar-refractivity contribution in [1.29, 1.82) is 0 Å². The van der Waals surface area contributed by atoms with E-state index >= 15 is 0 Å². The molecular formula is C20H16F2N4O2. The average molecular weight is 382 g/mol. The van der Waals surface area contributed by atoms with Crippen LogP contribution in [0.1, 0.15) is 12.8 Å². The molecule has 0 fully saturated rings. The van der Waals surface area contributed by atoms with Gasteiger partial charge in [-0.05, 0) is 35.7 Å². The van der Waals surface area contributed by atoms with Crippen LogP contribution in [0.2, 0.25) is 0 Å². The Hall–Kier alpha value is -3.55. The Morgan fingerprint density at radius 2 is 2.00 bits per heavy atom. The number of fused-ring (bicyclic) bond motifs is 1. The SMILES string of the molecule is CCc1nnc(-c2ccc3ccn(CC(=O)Nc4cc(F)ccc4F)c3c2)o1. The molecule has 1 amide bonds. The molecule has 0 spiro atoms. The Morgan fingerprint density at radius 3 is 2.79 bits per heavy atom. The highest BCUT2D eigenvalue weighted by molar-refractivity contribution is 5.92. The van der Waals surface area contributed by atoms with Gasteiger partial charge in [-0.25, -0.2) is 8.78 Å². The summed E-state index contributed by atoms with van der Waals surface area (Å²) in [6.45, 7) is 1.86. The molecular weight excluding hydrogens is 366 g/mol. The van der Waals surface area contributed by atoms with E-state index in [0.717, 1.165) is 34.7 Å². The minimum absolute atomic E-state index is 0.0625. The van der Waals surface area contributed by atoms with E-state index in [2.05, 4.69) is 15.5 Å². The van der Waals surface area contributed by atoms with E-state index in [1.807, 2.05) is 31.2 Å². The first-order chi connectivity index (χ1) is 13.5. The minimum Gasteiger partial charge on any atom is -0.421 e. The third kappa shape index (κ3) is 3.48. The van der Waals surface area contributed by atoms with Crippen LogP contribution in [0.3, 0.4) is 0 Å². The van der Waals surface area contributed by atoms with Crippen molar-refractivity contribution in [3.05, 3.63) is 66.2 Å². The van der Waals surface area contributed by atoms with Crippen molar-refractivity contribution < 1.29 is 18.0 Å². The maximum absolute atomic E-state index is 13.7. The minimum atomic E-state index is -0.697. The van der Waals surface area contributed by atoms with Crippen LogP contribution < -0.4 is 5.32 Å². The first-order valence-corrected chi connectivity index (χ1v) is 8.70. The molecule has 28 heavy (non-hydrogen) atoms. The van der Waals surface area contributed by atoms with Crippen LogP contribution in [0.5, 0.6) is 0 Å². The Kier molecular flexibility index (Phi) is 4.60. The summed E-state index contributed by atoms with van der Waals surface area (Å²) in [7, 11) is 0. The second-order valence-corrected chi connectivity index (χ2v) is 6.24. The predicted octanol–water partition coefficient (Wildman–Crippen LogP) is 4.17. The van der Waals surface area contributed by atoms with Crippen LogP contribution in [0.25, 0.3) is 22.4 Å². The van der Waals surface area contributed by atoms with Crippen molar-refractivity contribution in [3.8, 4) is 11.5 Å². The molecule has 1 N–H and O–H groups in total. The van der Waals surface area contributed by atoms with Crippen LogP contribution in [0, 0.1) is 11.6 Å². The molecule has 0 atom stereocenters. The fourth-order valence-electron chi connectivity index (χ4n) is 2.91. The molecule has 0 aliphatic carbocycles. The lowest BCUT2D eigenvalue weighted by Crippen LogP contribution is -2.19. The molecule has 0 aliphatic heterocycles. The summed E-state index contributed by atoms with van der Waals surface area (Å²) in [5.74, 6) is -0.852. The summed E-state index contributed by atoms with van der Waals surface area (Å²) < 4.78 is 34.3. The van der Waals surface area contributed by atoms with E-state index in [1.165, 1.54) is 0 Å². The number of hydrogen-bond donors (Lipinski definition) is 1. The number of aromatic nitrogens is 3. The van der Waals surface area contributed by atoms with Crippen LogP contribution in [0.15, 0.2) is 53.1 Å². The lowest BCUT2D eigenvalue weighted by atomic mass is 10.1. The standard InChI is InChI=1S/C20H16F2N4O2/c1-2-19-24-25-20(28-19)13-4-3-12-7-8-26(17(12)9-13)11-18(27)23-16-10-14(21)5-6-15(16)22/h3-10H,2,11H2,1H3,(H,23,27). The van der Waals surface area contributed by atoms with Gasteiger partial charge in [0.05, 0.1) is 5.69 Å². The maximum atomic E-state index is 13.7. The molecule has 2 aromatic heterocycles. The van der Waals surface area contributed by atoms with Crippen LogP contribution in [0.4, 0.5) is 14.5 Å². The molecule has 0 unspecified atom stereocenters. The van der Waals surface area contributed by atoms with E-state index < -0.39 is 17.5 Å². The zero-order chi connectivity index (χ0) is 19.7. The fraction of sp³-hybridized carbons (Fsp3) is 0.150. The Morgan fingerprint density at radius 1 is 1.14 bits per heavy atom. The summed E-state index contributed by atoms with van der Waals surface area (Å²) in [5, 5.41) is 11.3. The van der Waals surface area contributed by atoms with E-state index in [-0.39, 0.29) is 12.2 Å². The monoisotopic (exact) mass is 382 g/mol. The van der Waals surface area contributed by atoms with Gasteiger partial charge in [-0.15, -0.1) is 10.2 Å². The van der Waals surface area contributed by atoms with E-state index in [4.69, 9.17) is 4.42 Å². The quantitative estimate of drug-likeness (QED) is 0.562. The number of rotatable bonds is 5. The summed E-state index contributed by atoms with van der Waals surface area (Å²) in [5.41, 5.74) is 1.32. The number of nitrogens with one attached hydrogen (secondary N) is 1. The van der Waals surface area contributed by atoms with Crippen LogP contribution in [-0.4, -0.2) is 20.7 Å². The molecule has 0 saturated heterocycles. The van der Waals surface area contributed by atoms with Gasteiger partial charge in [0.25, 0.3) is 0 Å². The van der Waals surface area contributed by atoms with E-state index in [0.29, 0.717) is 18.2 Å². The third-order valence-corrected chi connectivity index (χ3v) is 4.31. The highest BCUT2D eigenvalue weighted by atomic mass is 19.1. The molecule has 0 bridgehead atoms. The van der Waals surface area contributed by atoms with Gasteiger partial charge in [0.1, 0.15) is 18.2 Å². The highest BCUT2D eigenvalue weighted by Gasteiger charge is 2.13. The third-order valence-electron chi connectivity index (χ3n) is 4.31. The molecule has 2 aromatic carbocycles. The lowest BCUT2D eigenvalue weighted by Gasteiger charge is -2.09. The normalized spacial score (nSPS) is 11.1. The molecule has 6 nitrogen and oxygen atoms in total. The average Bonchev–Trinajstić information content (AvgIpc) is 3.31. The number of aryl methyl sites for hydroxylation is 1. The molecule has 0 radical (unpaired) electrons. The number of amides is 1. The Balaban J connectivity index is 1.59. The van der Waals surface area contributed by atoms with Crippen molar-refractivity contribution in [3.63, 3.8) is 0 Å². The van der Waals surface area contributed by atoms with Gasteiger partial charge in [0, 0.05) is 29.8 Å². The maximum Gasteiger partial charge on any atom is 0.247 e. The largest absolute Gasteiger partial charge is 0.421 e. The van der Waals surface area contributed by atoms with E-state index in [1.54, 1.807) is 10.8 Å². The number of carbonyl (C=O) groups excluding carboxylic acids is 1. The summed E-state index contributed by atoms with van der Waals surface area (Å²) >= 11 is 0. The van der Waals surface area contributed by atoms with Gasteiger partial charge in [-0.2, -0.15) is 0 Å². The fourth-order valence-corrected chi connectivity index (χ4v) is 2.91. The Bertz CT molecular complexity index is 1170. The zero-order valence-electron chi connectivity index (χ0n) is 14.9. The van der Waals surface area contributed by atoms with Gasteiger partial charge in [-0.1, -0.05) is 13.0 Å².